The molecular weight excluding hydrogens is 309 g/mol. The van der Waals surface area contributed by atoms with Crippen molar-refractivity contribution in [3.8, 4) is 11.4 Å². The van der Waals surface area contributed by atoms with E-state index in [-0.39, 0.29) is 0 Å². The van der Waals surface area contributed by atoms with E-state index < -0.39 is 0 Å². The van der Waals surface area contributed by atoms with E-state index in [0.717, 1.165) is 37.8 Å². The van der Waals surface area contributed by atoms with Gasteiger partial charge in [0.1, 0.15) is 0 Å². The molecule has 0 bridgehead atoms. The van der Waals surface area contributed by atoms with Gasteiger partial charge in [0.25, 0.3) is 0 Å². The van der Waals surface area contributed by atoms with Crippen LogP contribution in [0.1, 0.15) is 37.5 Å². The Hall–Kier alpha value is -1.10. The predicted molar refractivity (Wildman–Crippen MR) is 83.5 cm³/mol. The highest BCUT2D eigenvalue weighted by Crippen LogP contribution is 2.35. The van der Waals surface area contributed by atoms with Gasteiger partial charge in [-0.15, -0.1) is 0 Å². The van der Waals surface area contributed by atoms with E-state index in [1.54, 1.807) is 12.1 Å². The lowest BCUT2D eigenvalue weighted by Crippen LogP contribution is -2.20. The van der Waals surface area contributed by atoms with Gasteiger partial charge >= 0.3 is 0 Å². The normalized spacial score (nSPS) is 22.4. The fraction of sp³-hybridized carbons (Fsp3) is 0.467. The molecule has 1 saturated carbocycles. The summed E-state index contributed by atoms with van der Waals surface area (Å²) in [5.41, 5.74) is 6.53. The summed E-state index contributed by atoms with van der Waals surface area (Å²) < 4.78 is 5.43. The van der Waals surface area contributed by atoms with Gasteiger partial charge in [0.2, 0.25) is 11.7 Å². The van der Waals surface area contributed by atoms with E-state index in [0.29, 0.717) is 33.6 Å². The molecule has 0 radical (unpaired) electrons. The highest BCUT2D eigenvalue weighted by atomic mass is 35.5. The summed E-state index contributed by atoms with van der Waals surface area (Å²) in [7, 11) is 0. The number of hydrogen-bond acceptors (Lipinski definition) is 4. The lowest BCUT2D eigenvalue weighted by molar-refractivity contribution is 0.275. The lowest BCUT2D eigenvalue weighted by atomic mass is 9.82. The Morgan fingerprint density at radius 2 is 1.90 bits per heavy atom. The minimum atomic E-state index is 0.344. The van der Waals surface area contributed by atoms with Crippen LogP contribution >= 0.6 is 23.2 Å². The Balaban J connectivity index is 1.76. The van der Waals surface area contributed by atoms with Gasteiger partial charge in [-0.25, -0.2) is 0 Å². The molecule has 1 aliphatic carbocycles. The Bertz CT molecular complexity index is 621. The molecule has 1 aliphatic rings. The van der Waals surface area contributed by atoms with Crippen molar-refractivity contribution in [3.63, 3.8) is 0 Å². The molecule has 0 aliphatic heterocycles. The van der Waals surface area contributed by atoms with Crippen LogP contribution in [-0.4, -0.2) is 16.7 Å². The van der Waals surface area contributed by atoms with Crippen molar-refractivity contribution < 1.29 is 4.52 Å². The zero-order valence-corrected chi connectivity index (χ0v) is 13.1. The van der Waals surface area contributed by atoms with Gasteiger partial charge in [-0.1, -0.05) is 28.4 Å². The van der Waals surface area contributed by atoms with Crippen molar-refractivity contribution in [1.29, 1.82) is 0 Å². The van der Waals surface area contributed by atoms with E-state index in [9.17, 15) is 0 Å². The van der Waals surface area contributed by atoms with Gasteiger partial charge in [0.05, 0.1) is 10.0 Å². The molecule has 112 valence electrons. The number of benzene rings is 1. The highest BCUT2D eigenvalue weighted by Gasteiger charge is 2.26. The maximum absolute atomic E-state index is 6.02. The number of halogens is 2. The van der Waals surface area contributed by atoms with E-state index in [4.69, 9.17) is 33.5 Å². The largest absolute Gasteiger partial charge is 0.339 e. The van der Waals surface area contributed by atoms with Crippen LogP contribution in [0.2, 0.25) is 10.0 Å². The lowest BCUT2D eigenvalue weighted by Gasteiger charge is -2.24. The Morgan fingerprint density at radius 1 is 1.14 bits per heavy atom. The SMILES string of the molecule is NCC1CCC(c2nc(-c3ccc(Cl)c(Cl)c3)no2)CC1. The first-order chi connectivity index (χ1) is 10.2. The molecule has 2 N–H and O–H groups in total. The number of rotatable bonds is 3. The third kappa shape index (κ3) is 3.23. The average molecular weight is 326 g/mol. The second-order valence-corrected chi connectivity index (χ2v) is 6.35. The van der Waals surface area contributed by atoms with Gasteiger partial charge in [-0.2, -0.15) is 4.98 Å². The molecule has 3 rings (SSSR count). The molecule has 0 saturated heterocycles. The summed E-state index contributed by atoms with van der Waals surface area (Å²) in [4.78, 5) is 4.52. The van der Waals surface area contributed by atoms with Gasteiger partial charge < -0.3 is 10.3 Å². The number of nitrogens with two attached hydrogens (primary N) is 1. The van der Waals surface area contributed by atoms with Gasteiger partial charge in [0, 0.05) is 11.5 Å². The summed E-state index contributed by atoms with van der Waals surface area (Å²) in [5.74, 6) is 2.26. The molecule has 21 heavy (non-hydrogen) atoms. The molecule has 0 unspecified atom stereocenters. The molecule has 0 amide bonds. The molecule has 2 aromatic rings. The third-order valence-corrected chi connectivity index (χ3v) is 4.89. The van der Waals surface area contributed by atoms with Crippen LogP contribution in [0.3, 0.4) is 0 Å². The van der Waals surface area contributed by atoms with E-state index in [2.05, 4.69) is 10.1 Å². The van der Waals surface area contributed by atoms with Crippen LogP contribution in [0.25, 0.3) is 11.4 Å². The van der Waals surface area contributed by atoms with E-state index in [1.165, 1.54) is 0 Å². The van der Waals surface area contributed by atoms with Crippen molar-refractivity contribution in [2.75, 3.05) is 6.54 Å². The van der Waals surface area contributed by atoms with Crippen LogP contribution in [0.5, 0.6) is 0 Å². The van der Waals surface area contributed by atoms with Crippen LogP contribution in [0.4, 0.5) is 0 Å². The topological polar surface area (TPSA) is 64.9 Å². The summed E-state index contributed by atoms with van der Waals surface area (Å²) in [6.45, 7) is 0.769. The summed E-state index contributed by atoms with van der Waals surface area (Å²) in [6, 6.07) is 5.33. The van der Waals surface area contributed by atoms with Crippen LogP contribution in [0, 0.1) is 5.92 Å². The second kappa shape index (κ2) is 6.34. The summed E-state index contributed by atoms with van der Waals surface area (Å²) in [6.07, 6.45) is 4.38. The molecule has 1 fully saturated rings. The second-order valence-electron chi connectivity index (χ2n) is 5.54. The fourth-order valence-corrected chi connectivity index (χ4v) is 3.10. The molecule has 1 aromatic carbocycles. The average Bonchev–Trinajstić information content (AvgIpc) is 3.00. The maximum atomic E-state index is 6.02. The minimum absolute atomic E-state index is 0.344. The van der Waals surface area contributed by atoms with Crippen LogP contribution in [0.15, 0.2) is 22.7 Å². The Kier molecular flexibility index (Phi) is 4.48. The molecular formula is C15H17Cl2N3O. The first-order valence-electron chi connectivity index (χ1n) is 7.16. The van der Waals surface area contributed by atoms with E-state index in [1.807, 2.05) is 6.07 Å². The number of nitrogens with zero attached hydrogens (tertiary/aromatic N) is 2. The first-order valence-corrected chi connectivity index (χ1v) is 7.92. The van der Waals surface area contributed by atoms with Crippen molar-refractivity contribution in [2.24, 2.45) is 11.7 Å². The number of hydrogen-bond donors (Lipinski definition) is 1. The maximum Gasteiger partial charge on any atom is 0.230 e. The van der Waals surface area contributed by atoms with E-state index >= 15 is 0 Å². The van der Waals surface area contributed by atoms with Gasteiger partial charge in [-0.05, 0) is 56.3 Å². The molecule has 1 heterocycles. The first kappa shape index (κ1) is 14.8. The van der Waals surface area contributed by atoms with Crippen LogP contribution in [-0.2, 0) is 0 Å². The molecule has 0 spiro atoms. The number of aromatic nitrogens is 2. The molecule has 6 heteroatoms. The summed E-state index contributed by atoms with van der Waals surface area (Å²) in [5, 5.41) is 5.07. The van der Waals surface area contributed by atoms with Crippen molar-refractivity contribution in [2.45, 2.75) is 31.6 Å². The quantitative estimate of drug-likeness (QED) is 0.914. The van der Waals surface area contributed by atoms with Crippen molar-refractivity contribution in [1.82, 2.24) is 10.1 Å². The predicted octanol–water partition coefficient (Wildman–Crippen LogP) is 4.28. The van der Waals surface area contributed by atoms with Crippen molar-refractivity contribution >= 4 is 23.2 Å². The Morgan fingerprint density at radius 3 is 2.57 bits per heavy atom. The molecule has 0 atom stereocenters. The van der Waals surface area contributed by atoms with Crippen molar-refractivity contribution in [3.05, 3.63) is 34.1 Å². The molecule has 1 aromatic heterocycles. The van der Waals surface area contributed by atoms with Gasteiger partial charge in [-0.3, -0.25) is 0 Å². The smallest absolute Gasteiger partial charge is 0.230 e. The zero-order chi connectivity index (χ0) is 14.8. The van der Waals surface area contributed by atoms with Crippen LogP contribution < -0.4 is 5.73 Å². The monoisotopic (exact) mass is 325 g/mol. The minimum Gasteiger partial charge on any atom is -0.339 e. The zero-order valence-electron chi connectivity index (χ0n) is 11.6. The summed E-state index contributed by atoms with van der Waals surface area (Å²) >= 11 is 11.9. The standard InChI is InChI=1S/C15H17Cl2N3O/c16-12-6-5-11(7-13(12)17)14-19-15(21-20-14)10-3-1-9(8-18)2-4-10/h5-7,9-10H,1-4,8,18H2. The Labute approximate surface area is 133 Å². The van der Waals surface area contributed by atoms with Gasteiger partial charge in [0.15, 0.2) is 0 Å². The fourth-order valence-electron chi connectivity index (χ4n) is 2.80. The molecule has 4 nitrogen and oxygen atoms in total. The highest BCUT2D eigenvalue weighted by molar-refractivity contribution is 6.42. The third-order valence-electron chi connectivity index (χ3n) is 4.15.